The van der Waals surface area contributed by atoms with Gasteiger partial charge in [0.05, 0.1) is 12.8 Å². The number of hydrogen-bond donors (Lipinski definition) is 1. The van der Waals surface area contributed by atoms with E-state index in [1.54, 1.807) is 54.6 Å². The normalized spacial score (nSPS) is 11.0. The Morgan fingerprint density at radius 2 is 1.70 bits per heavy atom. The highest BCUT2D eigenvalue weighted by atomic mass is 79.9. The summed E-state index contributed by atoms with van der Waals surface area (Å²) in [4.78, 5) is 12.7. The van der Waals surface area contributed by atoms with Crippen molar-refractivity contribution in [1.29, 1.82) is 0 Å². The molecule has 30 heavy (non-hydrogen) atoms. The van der Waals surface area contributed by atoms with E-state index in [0.29, 0.717) is 15.8 Å². The number of halogens is 1. The van der Waals surface area contributed by atoms with Crippen LogP contribution >= 0.6 is 15.9 Å². The lowest BCUT2D eigenvalue weighted by atomic mass is 10.2. The van der Waals surface area contributed by atoms with Crippen LogP contribution in [0.15, 0.2) is 82.2 Å². The van der Waals surface area contributed by atoms with E-state index in [0.717, 1.165) is 9.87 Å². The van der Waals surface area contributed by atoms with Gasteiger partial charge in [0.1, 0.15) is 17.2 Å². The van der Waals surface area contributed by atoms with Gasteiger partial charge in [0.15, 0.2) is 0 Å². The molecule has 0 saturated carbocycles. The number of nitrogens with zero attached hydrogens (tertiary/aromatic N) is 1. The molecule has 0 bridgehead atoms. The standard InChI is InChI=1S/C22H21BrN2O4S/c1-16-8-11-18(12-9-16)24-22(26)15-25(19-6-4-3-5-7-19)30(27,28)21-14-17(23)10-13-20(21)29-2/h3-14H,15H2,1-2H3,(H,24,26). The molecule has 0 atom stereocenters. The molecule has 1 amide bonds. The van der Waals surface area contributed by atoms with E-state index in [9.17, 15) is 13.2 Å². The Morgan fingerprint density at radius 3 is 2.33 bits per heavy atom. The Balaban J connectivity index is 1.98. The third-order valence-electron chi connectivity index (χ3n) is 4.36. The lowest BCUT2D eigenvalue weighted by Gasteiger charge is -2.25. The van der Waals surface area contributed by atoms with Crippen molar-refractivity contribution in [2.45, 2.75) is 11.8 Å². The van der Waals surface area contributed by atoms with E-state index in [4.69, 9.17) is 4.74 Å². The van der Waals surface area contributed by atoms with Crippen molar-refractivity contribution in [3.05, 3.63) is 82.8 Å². The van der Waals surface area contributed by atoms with Gasteiger partial charge in [-0.15, -0.1) is 0 Å². The fraction of sp³-hybridized carbons (Fsp3) is 0.136. The van der Waals surface area contributed by atoms with Gasteiger partial charge in [-0.1, -0.05) is 51.8 Å². The summed E-state index contributed by atoms with van der Waals surface area (Å²) in [5.74, 6) is -0.265. The Hall–Kier alpha value is -2.84. The van der Waals surface area contributed by atoms with Gasteiger partial charge in [-0.3, -0.25) is 9.10 Å². The highest BCUT2D eigenvalue weighted by Gasteiger charge is 2.30. The lowest BCUT2D eigenvalue weighted by Crippen LogP contribution is -2.38. The molecule has 3 aromatic carbocycles. The first-order valence-electron chi connectivity index (χ1n) is 9.09. The van der Waals surface area contributed by atoms with Crippen LogP contribution in [0.3, 0.4) is 0 Å². The van der Waals surface area contributed by atoms with Crippen molar-refractivity contribution in [3.8, 4) is 5.75 Å². The van der Waals surface area contributed by atoms with Gasteiger partial charge >= 0.3 is 0 Å². The maximum Gasteiger partial charge on any atom is 0.268 e. The van der Waals surface area contributed by atoms with Crippen molar-refractivity contribution in [1.82, 2.24) is 0 Å². The molecule has 0 fully saturated rings. The van der Waals surface area contributed by atoms with E-state index in [1.165, 1.54) is 13.2 Å². The number of carbonyl (C=O) groups excluding carboxylic acids is 1. The summed E-state index contributed by atoms with van der Waals surface area (Å²) in [6, 6.07) is 20.5. The molecule has 0 aliphatic carbocycles. The molecule has 0 saturated heterocycles. The molecule has 8 heteroatoms. The number of methoxy groups -OCH3 is 1. The van der Waals surface area contributed by atoms with Crippen LogP contribution in [0, 0.1) is 6.92 Å². The maximum absolute atomic E-state index is 13.5. The topological polar surface area (TPSA) is 75.7 Å². The van der Waals surface area contributed by atoms with Crippen LogP contribution in [0.4, 0.5) is 11.4 Å². The molecule has 0 unspecified atom stereocenters. The molecule has 0 heterocycles. The number of hydrogen-bond acceptors (Lipinski definition) is 4. The molecule has 1 N–H and O–H groups in total. The zero-order chi connectivity index (χ0) is 21.7. The van der Waals surface area contributed by atoms with Crippen LogP contribution in [0.2, 0.25) is 0 Å². The fourth-order valence-electron chi connectivity index (χ4n) is 2.85. The predicted molar refractivity (Wildman–Crippen MR) is 121 cm³/mol. The molecule has 3 aromatic rings. The van der Waals surface area contributed by atoms with Crippen LogP contribution in [-0.2, 0) is 14.8 Å². The van der Waals surface area contributed by atoms with Gasteiger partial charge in [0.25, 0.3) is 10.0 Å². The summed E-state index contributed by atoms with van der Waals surface area (Å²) in [6.45, 7) is 1.55. The van der Waals surface area contributed by atoms with E-state index in [1.807, 2.05) is 19.1 Å². The average Bonchev–Trinajstić information content (AvgIpc) is 2.74. The molecule has 0 aromatic heterocycles. The molecule has 0 radical (unpaired) electrons. The van der Waals surface area contributed by atoms with Crippen LogP contribution in [-0.4, -0.2) is 28.0 Å². The number of carbonyl (C=O) groups is 1. The van der Waals surface area contributed by atoms with Gasteiger partial charge in [-0.2, -0.15) is 0 Å². The summed E-state index contributed by atoms with van der Waals surface area (Å²) in [7, 11) is -2.69. The number of benzene rings is 3. The quantitative estimate of drug-likeness (QED) is 0.527. The number of anilines is 2. The fourth-order valence-corrected chi connectivity index (χ4v) is 4.97. The Kier molecular flexibility index (Phi) is 6.79. The number of rotatable bonds is 7. The number of sulfonamides is 1. The van der Waals surface area contributed by atoms with Crippen molar-refractivity contribution in [3.63, 3.8) is 0 Å². The highest BCUT2D eigenvalue weighted by Crippen LogP contribution is 2.32. The average molecular weight is 489 g/mol. The minimum atomic E-state index is -4.10. The third kappa shape index (κ3) is 5.01. The Labute approximate surface area is 184 Å². The third-order valence-corrected chi connectivity index (χ3v) is 6.65. The molecular weight excluding hydrogens is 468 g/mol. The first kappa shape index (κ1) is 21.9. The van der Waals surface area contributed by atoms with Crippen LogP contribution < -0.4 is 14.4 Å². The Morgan fingerprint density at radius 1 is 1.03 bits per heavy atom. The lowest BCUT2D eigenvalue weighted by molar-refractivity contribution is -0.114. The summed E-state index contributed by atoms with van der Waals surface area (Å²) in [5, 5.41) is 2.75. The predicted octanol–water partition coefficient (Wildman–Crippen LogP) is 4.60. The SMILES string of the molecule is COc1ccc(Br)cc1S(=O)(=O)N(CC(=O)Nc1ccc(C)cc1)c1ccccc1. The van der Waals surface area contributed by atoms with Gasteiger partial charge < -0.3 is 10.1 Å². The molecule has 6 nitrogen and oxygen atoms in total. The number of nitrogens with one attached hydrogen (secondary N) is 1. The highest BCUT2D eigenvalue weighted by molar-refractivity contribution is 9.10. The summed E-state index contributed by atoms with van der Waals surface area (Å²) in [6.07, 6.45) is 0. The van der Waals surface area contributed by atoms with Gasteiger partial charge in [0.2, 0.25) is 5.91 Å². The van der Waals surface area contributed by atoms with Gasteiger partial charge in [-0.25, -0.2) is 8.42 Å². The second-order valence-corrected chi connectivity index (χ2v) is 9.30. The molecule has 0 spiro atoms. The molecule has 3 rings (SSSR count). The van der Waals surface area contributed by atoms with Crippen molar-refractivity contribution in [2.75, 3.05) is 23.3 Å². The van der Waals surface area contributed by atoms with Gasteiger partial charge in [0, 0.05) is 10.2 Å². The number of aryl methyl sites for hydroxylation is 1. The van der Waals surface area contributed by atoms with E-state index >= 15 is 0 Å². The molecular formula is C22H21BrN2O4S. The number of ether oxygens (including phenoxy) is 1. The minimum absolute atomic E-state index is 0.0358. The van der Waals surface area contributed by atoms with Crippen LogP contribution in [0.5, 0.6) is 5.75 Å². The van der Waals surface area contributed by atoms with Crippen molar-refractivity contribution in [2.24, 2.45) is 0 Å². The maximum atomic E-state index is 13.5. The van der Waals surface area contributed by atoms with E-state index in [2.05, 4.69) is 21.2 Å². The zero-order valence-corrected chi connectivity index (χ0v) is 18.9. The largest absolute Gasteiger partial charge is 0.495 e. The second-order valence-electron chi connectivity index (χ2n) is 6.56. The summed E-state index contributed by atoms with van der Waals surface area (Å²) in [5.41, 5.74) is 2.03. The minimum Gasteiger partial charge on any atom is -0.495 e. The first-order valence-corrected chi connectivity index (χ1v) is 11.3. The monoisotopic (exact) mass is 488 g/mol. The smallest absolute Gasteiger partial charge is 0.268 e. The van der Waals surface area contributed by atoms with Crippen LogP contribution in [0.1, 0.15) is 5.56 Å². The molecule has 0 aliphatic rings. The second kappa shape index (κ2) is 9.32. The summed E-state index contributed by atoms with van der Waals surface area (Å²) < 4.78 is 34.0. The number of amides is 1. The zero-order valence-electron chi connectivity index (χ0n) is 16.5. The van der Waals surface area contributed by atoms with Crippen molar-refractivity contribution < 1.29 is 17.9 Å². The molecule has 0 aliphatic heterocycles. The first-order chi connectivity index (χ1) is 14.3. The summed E-state index contributed by atoms with van der Waals surface area (Å²) >= 11 is 3.31. The van der Waals surface area contributed by atoms with E-state index in [-0.39, 0.29) is 10.6 Å². The van der Waals surface area contributed by atoms with Crippen molar-refractivity contribution >= 4 is 43.2 Å². The Bertz CT molecular complexity index is 1130. The van der Waals surface area contributed by atoms with E-state index < -0.39 is 22.5 Å². The van der Waals surface area contributed by atoms with Crippen LogP contribution in [0.25, 0.3) is 0 Å². The van der Waals surface area contributed by atoms with Gasteiger partial charge in [-0.05, 0) is 49.4 Å². The molecule has 156 valence electrons. The number of para-hydroxylation sites is 1.